The molecule has 0 aliphatic carbocycles. The van der Waals surface area contributed by atoms with Crippen molar-refractivity contribution in [1.29, 1.82) is 0 Å². The lowest BCUT2D eigenvalue weighted by Gasteiger charge is -2.15. The van der Waals surface area contributed by atoms with Gasteiger partial charge in [-0.25, -0.2) is 0 Å². The summed E-state index contributed by atoms with van der Waals surface area (Å²) < 4.78 is 9.96. The fourth-order valence-corrected chi connectivity index (χ4v) is 1.60. The lowest BCUT2D eigenvalue weighted by atomic mass is 10.2. The molecule has 0 fully saturated rings. The Balaban J connectivity index is 2.65. The summed E-state index contributed by atoms with van der Waals surface area (Å²) in [6.45, 7) is 0. The predicted molar refractivity (Wildman–Crippen MR) is 66.5 cm³/mol. The Hall–Kier alpha value is -0.610. The Morgan fingerprint density at radius 1 is 1.31 bits per heavy atom. The average Bonchev–Trinajstić information content (AvgIpc) is 2.28. The molecule has 0 saturated heterocycles. The van der Waals surface area contributed by atoms with Gasteiger partial charge in [0.05, 0.1) is 0 Å². The van der Waals surface area contributed by atoms with Crippen LogP contribution < -0.4 is 0 Å². The molecule has 88 valence electrons. The molecule has 1 aromatic rings. The van der Waals surface area contributed by atoms with E-state index in [-0.39, 0.29) is 0 Å². The Bertz CT molecular complexity index is 354. The molecule has 3 nitrogen and oxygen atoms in total. The second-order valence-electron chi connectivity index (χ2n) is 3.05. The number of halogens is 2. The van der Waals surface area contributed by atoms with Gasteiger partial charge >= 0.3 is 0 Å². The van der Waals surface area contributed by atoms with Crippen LogP contribution in [0.4, 0.5) is 0 Å². The zero-order chi connectivity index (χ0) is 12.0. The van der Waals surface area contributed by atoms with E-state index in [9.17, 15) is 0 Å². The fourth-order valence-electron chi connectivity index (χ4n) is 1.14. The van der Waals surface area contributed by atoms with Crippen LogP contribution in [-0.2, 0) is 9.47 Å². The number of aliphatic imine (C=N–C) groups is 1. The second kappa shape index (κ2) is 6.86. The molecule has 0 bridgehead atoms. The number of hydrogen-bond acceptors (Lipinski definition) is 3. The van der Waals surface area contributed by atoms with Crippen LogP contribution in [0.25, 0.3) is 0 Å². The van der Waals surface area contributed by atoms with Crippen molar-refractivity contribution in [2.24, 2.45) is 4.99 Å². The Labute approximate surface area is 105 Å². The molecule has 1 atom stereocenters. The topological polar surface area (TPSA) is 30.8 Å². The average molecular weight is 262 g/mol. The summed E-state index contributed by atoms with van der Waals surface area (Å²) in [7, 11) is 3.02. The zero-order valence-corrected chi connectivity index (χ0v) is 10.6. The molecule has 1 rings (SSSR count). The number of benzene rings is 1. The van der Waals surface area contributed by atoms with Gasteiger partial charge in [-0.05, 0) is 17.7 Å². The molecule has 0 aliphatic rings. The summed E-state index contributed by atoms with van der Waals surface area (Å²) >= 11 is 11.8. The van der Waals surface area contributed by atoms with Crippen LogP contribution >= 0.6 is 23.2 Å². The first kappa shape index (κ1) is 13.5. The van der Waals surface area contributed by atoms with Crippen molar-refractivity contribution in [3.63, 3.8) is 0 Å². The van der Waals surface area contributed by atoms with E-state index in [4.69, 9.17) is 32.7 Å². The van der Waals surface area contributed by atoms with Crippen LogP contribution in [0.15, 0.2) is 29.3 Å². The standard InChI is InChI=1S/C11H13Cl2NO2/c1-15-11(16-2)10(13)14-7-8-4-3-5-9(12)6-8/h3-7,10-11H,1-2H3. The van der Waals surface area contributed by atoms with Crippen molar-refractivity contribution in [2.75, 3.05) is 14.2 Å². The summed E-state index contributed by atoms with van der Waals surface area (Å²) in [5.41, 5.74) is 0.290. The van der Waals surface area contributed by atoms with Crippen molar-refractivity contribution in [3.05, 3.63) is 34.9 Å². The molecule has 0 heterocycles. The van der Waals surface area contributed by atoms with Crippen molar-refractivity contribution >= 4 is 29.4 Å². The van der Waals surface area contributed by atoms with Gasteiger partial charge in [0, 0.05) is 25.5 Å². The highest BCUT2D eigenvalue weighted by Gasteiger charge is 2.15. The molecule has 0 saturated carbocycles. The molecule has 0 amide bonds. The van der Waals surface area contributed by atoms with Crippen molar-refractivity contribution < 1.29 is 9.47 Å². The maximum Gasteiger partial charge on any atom is 0.193 e. The van der Waals surface area contributed by atoms with E-state index >= 15 is 0 Å². The first-order valence-corrected chi connectivity index (χ1v) is 5.47. The van der Waals surface area contributed by atoms with Gasteiger partial charge in [0.1, 0.15) is 0 Å². The predicted octanol–water partition coefficient (Wildman–Crippen LogP) is 2.94. The third-order valence-electron chi connectivity index (χ3n) is 1.90. The van der Waals surface area contributed by atoms with Gasteiger partial charge in [0.15, 0.2) is 11.8 Å². The smallest absolute Gasteiger partial charge is 0.193 e. The highest BCUT2D eigenvalue weighted by Crippen LogP contribution is 2.11. The maximum absolute atomic E-state index is 5.96. The number of nitrogens with zero attached hydrogens (tertiary/aromatic N) is 1. The summed E-state index contributed by atoms with van der Waals surface area (Å²) in [5, 5.41) is 0.658. The lowest BCUT2D eigenvalue weighted by molar-refractivity contribution is -0.101. The molecule has 1 aromatic carbocycles. The maximum atomic E-state index is 5.96. The quantitative estimate of drug-likeness (QED) is 0.353. The van der Waals surface area contributed by atoms with Crippen molar-refractivity contribution in [1.82, 2.24) is 0 Å². The van der Waals surface area contributed by atoms with E-state index < -0.39 is 11.8 Å². The van der Waals surface area contributed by atoms with E-state index in [1.165, 1.54) is 14.2 Å². The van der Waals surface area contributed by atoms with Gasteiger partial charge in [0.25, 0.3) is 0 Å². The van der Waals surface area contributed by atoms with Crippen LogP contribution in [0, 0.1) is 0 Å². The van der Waals surface area contributed by atoms with E-state index in [2.05, 4.69) is 4.99 Å². The molecule has 0 spiro atoms. The van der Waals surface area contributed by atoms with Crippen LogP contribution in [0.5, 0.6) is 0 Å². The molecule has 0 aliphatic heterocycles. The van der Waals surface area contributed by atoms with Gasteiger partial charge in [0.2, 0.25) is 0 Å². The minimum absolute atomic E-state index is 0.558. The third-order valence-corrected chi connectivity index (χ3v) is 2.46. The zero-order valence-electron chi connectivity index (χ0n) is 9.06. The molecular weight excluding hydrogens is 249 g/mol. The molecule has 0 aromatic heterocycles. The first-order valence-electron chi connectivity index (χ1n) is 4.65. The van der Waals surface area contributed by atoms with Gasteiger partial charge in [-0.15, -0.1) is 0 Å². The summed E-state index contributed by atoms with van der Waals surface area (Å²) in [6.07, 6.45) is 1.08. The van der Waals surface area contributed by atoms with E-state index in [0.29, 0.717) is 5.02 Å². The second-order valence-corrected chi connectivity index (χ2v) is 3.93. The normalized spacial score (nSPS) is 13.6. The van der Waals surface area contributed by atoms with Crippen LogP contribution in [-0.4, -0.2) is 32.2 Å². The van der Waals surface area contributed by atoms with E-state index in [1.54, 1.807) is 18.3 Å². The molecule has 1 unspecified atom stereocenters. The van der Waals surface area contributed by atoms with Crippen molar-refractivity contribution in [3.8, 4) is 0 Å². The molecule has 5 heteroatoms. The fraction of sp³-hybridized carbons (Fsp3) is 0.364. The van der Waals surface area contributed by atoms with Crippen LogP contribution in [0.1, 0.15) is 5.56 Å². The molecular formula is C11H13Cl2NO2. The van der Waals surface area contributed by atoms with E-state index in [0.717, 1.165) is 5.56 Å². The summed E-state index contributed by atoms with van der Waals surface area (Å²) in [4.78, 5) is 4.11. The summed E-state index contributed by atoms with van der Waals surface area (Å²) in [5.74, 6) is 0. The van der Waals surface area contributed by atoms with Gasteiger partial charge in [-0.2, -0.15) is 0 Å². The molecule has 16 heavy (non-hydrogen) atoms. The largest absolute Gasteiger partial charge is 0.353 e. The van der Waals surface area contributed by atoms with Crippen LogP contribution in [0.2, 0.25) is 5.02 Å². The number of methoxy groups -OCH3 is 2. The Morgan fingerprint density at radius 2 is 2.00 bits per heavy atom. The highest BCUT2D eigenvalue weighted by molar-refractivity contribution is 6.30. The number of alkyl halides is 1. The minimum Gasteiger partial charge on any atom is -0.353 e. The van der Waals surface area contributed by atoms with Gasteiger partial charge in [-0.3, -0.25) is 4.99 Å². The highest BCUT2D eigenvalue weighted by atomic mass is 35.5. The third kappa shape index (κ3) is 4.10. The molecule has 0 radical (unpaired) electrons. The van der Waals surface area contributed by atoms with Gasteiger partial charge < -0.3 is 9.47 Å². The Kier molecular flexibility index (Phi) is 5.77. The van der Waals surface area contributed by atoms with Gasteiger partial charge in [-0.1, -0.05) is 35.3 Å². The number of rotatable bonds is 5. The molecule has 0 N–H and O–H groups in total. The van der Waals surface area contributed by atoms with E-state index in [1.807, 2.05) is 12.1 Å². The SMILES string of the molecule is COC(OC)C(Cl)N=Cc1cccc(Cl)c1. The first-order chi connectivity index (χ1) is 7.67. The summed E-state index contributed by atoms with van der Waals surface area (Å²) in [6, 6.07) is 7.32. The van der Waals surface area contributed by atoms with Crippen LogP contribution in [0.3, 0.4) is 0 Å². The number of ether oxygens (including phenoxy) is 2. The Morgan fingerprint density at radius 3 is 2.56 bits per heavy atom. The lowest BCUT2D eigenvalue weighted by Crippen LogP contribution is -2.23. The number of hydrogen-bond donors (Lipinski definition) is 0. The minimum atomic E-state index is -0.589. The van der Waals surface area contributed by atoms with Crippen molar-refractivity contribution in [2.45, 2.75) is 11.8 Å². The monoisotopic (exact) mass is 261 g/mol.